The van der Waals surface area contributed by atoms with E-state index in [9.17, 15) is 5.11 Å². The van der Waals surface area contributed by atoms with Gasteiger partial charge in [-0.3, -0.25) is 4.98 Å². The van der Waals surface area contributed by atoms with Crippen molar-refractivity contribution in [2.45, 2.75) is 26.4 Å². The van der Waals surface area contributed by atoms with Gasteiger partial charge in [-0.2, -0.15) is 0 Å². The lowest BCUT2D eigenvalue weighted by molar-refractivity contribution is 0.106. The number of aliphatic hydroxyl groups excluding tert-OH is 1. The van der Waals surface area contributed by atoms with Gasteiger partial charge in [0.05, 0.1) is 11.8 Å². The van der Waals surface area contributed by atoms with Gasteiger partial charge in [0.2, 0.25) is 0 Å². The van der Waals surface area contributed by atoms with Crippen molar-refractivity contribution >= 4 is 0 Å². The van der Waals surface area contributed by atoms with Crippen molar-refractivity contribution < 1.29 is 5.11 Å². The summed E-state index contributed by atoms with van der Waals surface area (Å²) in [6.07, 6.45) is 2.10. The van der Waals surface area contributed by atoms with Gasteiger partial charge in [0.25, 0.3) is 0 Å². The van der Waals surface area contributed by atoms with E-state index < -0.39 is 6.10 Å². The lowest BCUT2D eigenvalue weighted by Gasteiger charge is -2.19. The Hall–Kier alpha value is -0.930. The van der Waals surface area contributed by atoms with Gasteiger partial charge in [0, 0.05) is 12.1 Å². The Morgan fingerprint density at radius 1 is 1.50 bits per heavy atom. The minimum absolute atomic E-state index is 0.102. The van der Waals surface area contributed by atoms with Gasteiger partial charge in [-0.25, -0.2) is 0 Å². The molecule has 0 fully saturated rings. The van der Waals surface area contributed by atoms with E-state index in [1.165, 1.54) is 0 Å². The van der Waals surface area contributed by atoms with Crippen molar-refractivity contribution in [3.63, 3.8) is 0 Å². The molecule has 3 nitrogen and oxygen atoms in total. The van der Waals surface area contributed by atoms with Crippen LogP contribution >= 0.6 is 0 Å². The zero-order valence-corrected chi connectivity index (χ0v) is 8.77. The Labute approximate surface area is 85.0 Å². The highest BCUT2D eigenvalue weighted by molar-refractivity contribution is 5.14. The SMILES string of the molecule is CCC(CN)C(O)c1ccc(C)cn1. The molecule has 0 aliphatic heterocycles. The van der Waals surface area contributed by atoms with Crippen LogP contribution in [0.1, 0.15) is 30.7 Å². The van der Waals surface area contributed by atoms with E-state index in [4.69, 9.17) is 5.73 Å². The smallest absolute Gasteiger partial charge is 0.0999 e. The van der Waals surface area contributed by atoms with E-state index in [0.29, 0.717) is 12.2 Å². The standard InChI is InChI=1S/C11H18N2O/c1-3-9(6-12)11(14)10-5-4-8(2)7-13-10/h4-5,7,9,11,14H,3,6,12H2,1-2H3. The molecule has 0 aliphatic rings. The molecule has 2 atom stereocenters. The predicted octanol–water partition coefficient (Wildman–Crippen LogP) is 1.41. The molecule has 0 bridgehead atoms. The van der Waals surface area contributed by atoms with Crippen molar-refractivity contribution in [1.29, 1.82) is 0 Å². The number of aliphatic hydroxyl groups is 1. The van der Waals surface area contributed by atoms with Crippen LogP contribution in [0.25, 0.3) is 0 Å². The first-order chi connectivity index (χ1) is 6.69. The second kappa shape index (κ2) is 5.08. The third kappa shape index (κ3) is 2.53. The van der Waals surface area contributed by atoms with Crippen molar-refractivity contribution in [3.05, 3.63) is 29.6 Å². The van der Waals surface area contributed by atoms with Crippen LogP contribution in [0, 0.1) is 12.8 Å². The first-order valence-corrected chi connectivity index (χ1v) is 4.99. The number of aryl methyl sites for hydroxylation is 1. The molecule has 1 aromatic heterocycles. The largest absolute Gasteiger partial charge is 0.386 e. The summed E-state index contributed by atoms with van der Waals surface area (Å²) in [4.78, 5) is 4.19. The van der Waals surface area contributed by atoms with E-state index in [2.05, 4.69) is 4.98 Å². The Morgan fingerprint density at radius 2 is 2.21 bits per heavy atom. The maximum Gasteiger partial charge on any atom is 0.0999 e. The monoisotopic (exact) mass is 194 g/mol. The molecule has 0 aliphatic carbocycles. The molecule has 78 valence electrons. The van der Waals surface area contributed by atoms with Gasteiger partial charge in [-0.05, 0) is 31.5 Å². The number of hydrogen-bond donors (Lipinski definition) is 2. The van der Waals surface area contributed by atoms with Gasteiger partial charge in [-0.1, -0.05) is 13.0 Å². The van der Waals surface area contributed by atoms with Gasteiger partial charge in [-0.15, -0.1) is 0 Å². The van der Waals surface area contributed by atoms with Crippen LogP contribution in [-0.2, 0) is 0 Å². The number of nitrogens with zero attached hydrogens (tertiary/aromatic N) is 1. The molecule has 0 spiro atoms. The number of pyridine rings is 1. The highest BCUT2D eigenvalue weighted by Gasteiger charge is 2.18. The van der Waals surface area contributed by atoms with E-state index in [1.54, 1.807) is 6.20 Å². The van der Waals surface area contributed by atoms with Crippen LogP contribution in [0.15, 0.2) is 18.3 Å². The minimum atomic E-state index is -0.536. The Balaban J connectivity index is 2.77. The second-order valence-corrected chi connectivity index (χ2v) is 3.61. The lowest BCUT2D eigenvalue weighted by Crippen LogP contribution is -2.21. The molecule has 14 heavy (non-hydrogen) atoms. The van der Waals surface area contributed by atoms with Crippen LogP contribution in [0.3, 0.4) is 0 Å². The average molecular weight is 194 g/mol. The number of aromatic nitrogens is 1. The normalized spacial score (nSPS) is 15.1. The highest BCUT2D eigenvalue weighted by atomic mass is 16.3. The maximum absolute atomic E-state index is 9.93. The number of nitrogens with two attached hydrogens (primary N) is 1. The van der Waals surface area contributed by atoms with Crippen LogP contribution in [0.4, 0.5) is 0 Å². The summed E-state index contributed by atoms with van der Waals surface area (Å²) in [5, 5.41) is 9.93. The summed E-state index contributed by atoms with van der Waals surface area (Å²) in [6, 6.07) is 3.81. The topological polar surface area (TPSA) is 59.1 Å². The van der Waals surface area contributed by atoms with Crippen molar-refractivity contribution in [2.75, 3.05) is 6.54 Å². The molecule has 1 heterocycles. The summed E-state index contributed by atoms with van der Waals surface area (Å²) >= 11 is 0. The molecule has 0 saturated carbocycles. The molecule has 0 saturated heterocycles. The fourth-order valence-corrected chi connectivity index (χ4v) is 1.41. The fraction of sp³-hybridized carbons (Fsp3) is 0.545. The van der Waals surface area contributed by atoms with Crippen LogP contribution in [0.5, 0.6) is 0 Å². The lowest BCUT2D eigenvalue weighted by atomic mass is 9.96. The van der Waals surface area contributed by atoms with E-state index >= 15 is 0 Å². The van der Waals surface area contributed by atoms with Crippen molar-refractivity contribution in [3.8, 4) is 0 Å². The summed E-state index contributed by atoms with van der Waals surface area (Å²) in [5.41, 5.74) is 7.38. The van der Waals surface area contributed by atoms with Gasteiger partial charge in [0.1, 0.15) is 0 Å². The summed E-state index contributed by atoms with van der Waals surface area (Å²) < 4.78 is 0. The van der Waals surface area contributed by atoms with Crippen LogP contribution < -0.4 is 5.73 Å². The molecular formula is C11H18N2O. The van der Waals surface area contributed by atoms with Crippen LogP contribution in [-0.4, -0.2) is 16.6 Å². The third-order valence-electron chi connectivity index (χ3n) is 2.51. The molecule has 1 aromatic rings. The Morgan fingerprint density at radius 3 is 2.64 bits per heavy atom. The number of hydrogen-bond acceptors (Lipinski definition) is 3. The molecule has 0 aromatic carbocycles. The van der Waals surface area contributed by atoms with E-state index in [0.717, 1.165) is 12.0 Å². The van der Waals surface area contributed by atoms with E-state index in [1.807, 2.05) is 26.0 Å². The molecule has 0 radical (unpaired) electrons. The van der Waals surface area contributed by atoms with Gasteiger partial charge >= 0.3 is 0 Å². The summed E-state index contributed by atoms with van der Waals surface area (Å²) in [7, 11) is 0. The highest BCUT2D eigenvalue weighted by Crippen LogP contribution is 2.21. The second-order valence-electron chi connectivity index (χ2n) is 3.61. The Kier molecular flexibility index (Phi) is 4.04. The fourth-order valence-electron chi connectivity index (χ4n) is 1.41. The minimum Gasteiger partial charge on any atom is -0.386 e. The number of rotatable bonds is 4. The molecule has 2 unspecified atom stereocenters. The zero-order valence-electron chi connectivity index (χ0n) is 8.77. The summed E-state index contributed by atoms with van der Waals surface area (Å²) in [5.74, 6) is 0.102. The molecule has 3 heteroatoms. The molecule has 1 rings (SSSR count). The molecule has 3 N–H and O–H groups in total. The van der Waals surface area contributed by atoms with E-state index in [-0.39, 0.29) is 5.92 Å². The summed E-state index contributed by atoms with van der Waals surface area (Å²) in [6.45, 7) is 4.49. The quantitative estimate of drug-likeness (QED) is 0.762. The van der Waals surface area contributed by atoms with Crippen LogP contribution in [0.2, 0.25) is 0 Å². The molecular weight excluding hydrogens is 176 g/mol. The Bertz CT molecular complexity index is 267. The zero-order chi connectivity index (χ0) is 10.6. The first-order valence-electron chi connectivity index (χ1n) is 4.99. The third-order valence-corrected chi connectivity index (χ3v) is 2.51. The van der Waals surface area contributed by atoms with Gasteiger partial charge < -0.3 is 10.8 Å². The predicted molar refractivity (Wildman–Crippen MR) is 56.8 cm³/mol. The first kappa shape index (κ1) is 11.1. The van der Waals surface area contributed by atoms with Crippen molar-refractivity contribution in [1.82, 2.24) is 4.98 Å². The maximum atomic E-state index is 9.93. The van der Waals surface area contributed by atoms with Crippen molar-refractivity contribution in [2.24, 2.45) is 11.7 Å². The molecule has 0 amide bonds. The average Bonchev–Trinajstić information content (AvgIpc) is 2.20. The van der Waals surface area contributed by atoms with Gasteiger partial charge in [0.15, 0.2) is 0 Å².